The lowest BCUT2D eigenvalue weighted by molar-refractivity contribution is -0.274. The summed E-state index contributed by atoms with van der Waals surface area (Å²) in [4.78, 5) is 0. The molecule has 1 aromatic rings. The van der Waals surface area contributed by atoms with Crippen molar-refractivity contribution in [2.75, 3.05) is 6.61 Å². The molecule has 3 nitrogen and oxygen atoms in total. The van der Waals surface area contributed by atoms with Crippen molar-refractivity contribution in [2.45, 2.75) is 31.2 Å². The van der Waals surface area contributed by atoms with E-state index in [4.69, 9.17) is 4.74 Å². The van der Waals surface area contributed by atoms with Gasteiger partial charge in [-0.1, -0.05) is 0 Å². The quantitative estimate of drug-likeness (QED) is 0.906. The first kappa shape index (κ1) is 13.0. The second kappa shape index (κ2) is 4.68. The first-order valence-corrected chi connectivity index (χ1v) is 5.57. The van der Waals surface area contributed by atoms with E-state index in [9.17, 15) is 18.3 Å². The normalized spacial score (nSPS) is 18.0. The molecule has 1 aliphatic rings. The summed E-state index contributed by atoms with van der Waals surface area (Å²) in [5.41, 5.74) is -0.777. The van der Waals surface area contributed by atoms with Crippen molar-refractivity contribution < 1.29 is 27.8 Å². The molecule has 0 atom stereocenters. The largest absolute Gasteiger partial charge is 0.573 e. The van der Waals surface area contributed by atoms with Crippen LogP contribution in [0.4, 0.5) is 13.2 Å². The number of alkyl halides is 3. The highest BCUT2D eigenvalue weighted by Crippen LogP contribution is 2.32. The Balaban J connectivity index is 1.87. The second-order valence-electron chi connectivity index (χ2n) is 4.39. The highest BCUT2D eigenvalue weighted by atomic mass is 19.4. The fraction of sp³-hybridized carbons (Fsp3) is 0.500. The van der Waals surface area contributed by atoms with E-state index in [1.54, 1.807) is 0 Å². The molecule has 0 saturated heterocycles. The Bertz CT molecular complexity index is 396. The summed E-state index contributed by atoms with van der Waals surface area (Å²) in [6.07, 6.45) is -2.33. The van der Waals surface area contributed by atoms with Crippen LogP contribution in [0.2, 0.25) is 0 Å². The van der Waals surface area contributed by atoms with E-state index >= 15 is 0 Å². The van der Waals surface area contributed by atoms with Crippen LogP contribution in [0.15, 0.2) is 24.3 Å². The van der Waals surface area contributed by atoms with Crippen molar-refractivity contribution in [3.05, 3.63) is 24.3 Å². The van der Waals surface area contributed by atoms with Crippen LogP contribution in [0.3, 0.4) is 0 Å². The minimum atomic E-state index is -4.69. The number of benzene rings is 1. The van der Waals surface area contributed by atoms with E-state index in [-0.39, 0.29) is 12.4 Å². The third-order valence-corrected chi connectivity index (χ3v) is 2.85. The van der Waals surface area contributed by atoms with Gasteiger partial charge in [-0.15, -0.1) is 13.2 Å². The van der Waals surface area contributed by atoms with Gasteiger partial charge in [0.25, 0.3) is 0 Å². The fourth-order valence-corrected chi connectivity index (χ4v) is 1.68. The molecule has 2 rings (SSSR count). The highest BCUT2D eigenvalue weighted by molar-refractivity contribution is 5.31. The molecule has 0 radical (unpaired) electrons. The first-order valence-electron chi connectivity index (χ1n) is 5.57. The average molecular weight is 262 g/mol. The second-order valence-corrected chi connectivity index (χ2v) is 4.39. The van der Waals surface area contributed by atoms with Gasteiger partial charge in [0, 0.05) is 0 Å². The molecule has 0 bridgehead atoms. The van der Waals surface area contributed by atoms with Gasteiger partial charge < -0.3 is 14.6 Å². The van der Waals surface area contributed by atoms with Gasteiger partial charge in [0.2, 0.25) is 0 Å². The number of halogens is 3. The number of aliphatic hydroxyl groups is 1. The van der Waals surface area contributed by atoms with Crippen LogP contribution in [-0.4, -0.2) is 23.7 Å². The Labute approximate surface area is 102 Å². The lowest BCUT2D eigenvalue weighted by Gasteiger charge is -2.35. The van der Waals surface area contributed by atoms with Gasteiger partial charge >= 0.3 is 6.36 Å². The van der Waals surface area contributed by atoms with Crippen LogP contribution >= 0.6 is 0 Å². The summed E-state index contributed by atoms with van der Waals surface area (Å²) >= 11 is 0. The van der Waals surface area contributed by atoms with Gasteiger partial charge in [-0.25, -0.2) is 0 Å². The van der Waals surface area contributed by atoms with E-state index in [1.165, 1.54) is 24.3 Å². The first-order chi connectivity index (χ1) is 8.36. The van der Waals surface area contributed by atoms with Crippen LogP contribution in [0, 0.1) is 0 Å². The molecule has 1 aromatic carbocycles. The lowest BCUT2D eigenvalue weighted by atomic mass is 9.81. The molecule has 0 heterocycles. The van der Waals surface area contributed by atoms with Gasteiger partial charge in [-0.05, 0) is 43.5 Å². The van der Waals surface area contributed by atoms with Crippen molar-refractivity contribution >= 4 is 0 Å². The summed E-state index contributed by atoms with van der Waals surface area (Å²) in [6, 6.07) is 5.10. The smallest absolute Gasteiger partial charge is 0.491 e. The van der Waals surface area contributed by atoms with Gasteiger partial charge in [0.1, 0.15) is 18.1 Å². The molecule has 6 heteroatoms. The predicted molar refractivity (Wildman–Crippen MR) is 57.4 cm³/mol. The molecule has 1 N–H and O–H groups in total. The average Bonchev–Trinajstić information content (AvgIpc) is 2.23. The van der Waals surface area contributed by atoms with Crippen LogP contribution < -0.4 is 9.47 Å². The maximum absolute atomic E-state index is 11.9. The van der Waals surface area contributed by atoms with Gasteiger partial charge in [0.15, 0.2) is 0 Å². The Morgan fingerprint density at radius 2 is 1.67 bits per heavy atom. The summed E-state index contributed by atoms with van der Waals surface area (Å²) in [5.74, 6) is 0.113. The van der Waals surface area contributed by atoms with Crippen molar-refractivity contribution in [3.8, 4) is 11.5 Å². The molecule has 0 amide bonds. The molecule has 100 valence electrons. The molecule has 1 saturated carbocycles. The maximum Gasteiger partial charge on any atom is 0.573 e. The molecule has 18 heavy (non-hydrogen) atoms. The minimum absolute atomic E-state index is 0.159. The molecule has 0 aliphatic heterocycles. The standard InChI is InChI=1S/C12H13F3O3/c13-12(14,15)18-10-4-2-9(3-5-10)17-8-11(16)6-1-7-11/h2-5,16H,1,6-8H2. The monoisotopic (exact) mass is 262 g/mol. The summed E-state index contributed by atoms with van der Waals surface area (Å²) in [6.45, 7) is 0.159. The zero-order chi connectivity index (χ0) is 13.2. The van der Waals surface area contributed by atoms with Gasteiger partial charge in [-0.3, -0.25) is 0 Å². The van der Waals surface area contributed by atoms with Crippen molar-refractivity contribution in [1.29, 1.82) is 0 Å². The number of hydrogen-bond acceptors (Lipinski definition) is 3. The third-order valence-electron chi connectivity index (χ3n) is 2.85. The Kier molecular flexibility index (Phi) is 3.38. The summed E-state index contributed by atoms with van der Waals surface area (Å²) in [5, 5.41) is 9.78. The topological polar surface area (TPSA) is 38.7 Å². The molecule has 0 unspecified atom stereocenters. The maximum atomic E-state index is 11.9. The zero-order valence-electron chi connectivity index (χ0n) is 9.54. The molecule has 1 aliphatic carbocycles. The van der Waals surface area contributed by atoms with Crippen LogP contribution in [0.1, 0.15) is 19.3 Å². The Morgan fingerprint density at radius 3 is 2.11 bits per heavy atom. The van der Waals surface area contributed by atoms with Crippen LogP contribution in [0.25, 0.3) is 0 Å². The van der Waals surface area contributed by atoms with Crippen LogP contribution in [0.5, 0.6) is 11.5 Å². The number of ether oxygens (including phenoxy) is 2. The van der Waals surface area contributed by atoms with Crippen molar-refractivity contribution in [1.82, 2.24) is 0 Å². The fourth-order valence-electron chi connectivity index (χ4n) is 1.68. The minimum Gasteiger partial charge on any atom is -0.491 e. The van der Waals surface area contributed by atoms with E-state index in [0.717, 1.165) is 6.42 Å². The van der Waals surface area contributed by atoms with Gasteiger partial charge in [0.05, 0.1) is 5.60 Å². The molecule has 0 aromatic heterocycles. The summed E-state index contributed by atoms with van der Waals surface area (Å²) < 4.78 is 44.8. The molecular formula is C12H13F3O3. The third kappa shape index (κ3) is 3.53. The van der Waals surface area contributed by atoms with Crippen molar-refractivity contribution in [3.63, 3.8) is 0 Å². The molecule has 1 fully saturated rings. The van der Waals surface area contributed by atoms with E-state index < -0.39 is 12.0 Å². The Hall–Kier alpha value is -1.43. The zero-order valence-corrected chi connectivity index (χ0v) is 9.54. The summed E-state index contributed by atoms with van der Waals surface area (Å²) in [7, 11) is 0. The SMILES string of the molecule is OC1(COc2ccc(OC(F)(F)F)cc2)CCC1. The molecule has 0 spiro atoms. The number of hydrogen-bond donors (Lipinski definition) is 1. The van der Waals surface area contributed by atoms with Crippen LogP contribution in [-0.2, 0) is 0 Å². The predicted octanol–water partition coefficient (Wildman–Crippen LogP) is 2.88. The Morgan fingerprint density at radius 1 is 1.11 bits per heavy atom. The van der Waals surface area contributed by atoms with E-state index in [2.05, 4.69) is 4.74 Å². The van der Waals surface area contributed by atoms with Crippen molar-refractivity contribution in [2.24, 2.45) is 0 Å². The number of rotatable bonds is 4. The van der Waals surface area contributed by atoms with E-state index in [0.29, 0.717) is 18.6 Å². The van der Waals surface area contributed by atoms with E-state index in [1.807, 2.05) is 0 Å². The highest BCUT2D eigenvalue weighted by Gasteiger charge is 2.35. The lowest BCUT2D eigenvalue weighted by Crippen LogP contribution is -2.42. The molecular weight excluding hydrogens is 249 g/mol. The van der Waals surface area contributed by atoms with Gasteiger partial charge in [-0.2, -0.15) is 0 Å².